The molecule has 0 saturated heterocycles. The average molecular weight is 269 g/mol. The van der Waals surface area contributed by atoms with Crippen molar-refractivity contribution in [2.24, 2.45) is 0 Å². The third kappa shape index (κ3) is 2.54. The van der Waals surface area contributed by atoms with Gasteiger partial charge in [0.1, 0.15) is 5.82 Å². The van der Waals surface area contributed by atoms with E-state index in [0.717, 1.165) is 28.3 Å². The van der Waals surface area contributed by atoms with Crippen LogP contribution in [0.4, 0.5) is 5.69 Å². The molecule has 2 heterocycles. The van der Waals surface area contributed by atoms with E-state index in [0.29, 0.717) is 12.4 Å². The lowest BCUT2D eigenvalue weighted by atomic mass is 10.1. The predicted molar refractivity (Wildman–Crippen MR) is 75.1 cm³/mol. The quantitative estimate of drug-likeness (QED) is 0.761. The minimum atomic E-state index is 0.531. The topological polar surface area (TPSA) is 79.6 Å². The number of benzene rings is 1. The minimum Gasteiger partial charge on any atom is -0.423 e. The van der Waals surface area contributed by atoms with Crippen molar-refractivity contribution in [3.63, 3.8) is 0 Å². The van der Waals surface area contributed by atoms with Crippen LogP contribution in [0.25, 0.3) is 11.5 Å². The molecule has 0 fully saturated rings. The fraction of sp³-hybridized carbons (Fsp3) is 0.214. The van der Waals surface area contributed by atoms with Crippen LogP contribution in [0.2, 0.25) is 0 Å². The van der Waals surface area contributed by atoms with Crippen LogP contribution < -0.4 is 5.32 Å². The van der Waals surface area contributed by atoms with Crippen molar-refractivity contribution in [3.8, 4) is 11.5 Å². The number of aryl methyl sites for hydroxylation is 2. The summed E-state index contributed by atoms with van der Waals surface area (Å²) in [6.45, 7) is 4.69. The van der Waals surface area contributed by atoms with E-state index in [1.165, 1.54) is 6.39 Å². The zero-order chi connectivity index (χ0) is 13.9. The largest absolute Gasteiger partial charge is 0.423 e. The van der Waals surface area contributed by atoms with Crippen molar-refractivity contribution in [3.05, 3.63) is 47.9 Å². The van der Waals surface area contributed by atoms with Crippen LogP contribution >= 0.6 is 0 Å². The Kier molecular flexibility index (Phi) is 3.20. The number of hydrogen-bond acceptors (Lipinski definition) is 5. The first kappa shape index (κ1) is 12.4. The van der Waals surface area contributed by atoms with Crippen molar-refractivity contribution >= 4 is 5.69 Å². The van der Waals surface area contributed by atoms with Crippen LogP contribution in [-0.2, 0) is 6.54 Å². The van der Waals surface area contributed by atoms with Gasteiger partial charge in [0.25, 0.3) is 0 Å². The number of aromatic nitrogens is 4. The SMILES string of the molecule is Cc1ncc(CNc2ccc(-c3nnco3)cc2C)[nH]1. The summed E-state index contributed by atoms with van der Waals surface area (Å²) in [7, 11) is 0. The van der Waals surface area contributed by atoms with Crippen LogP contribution in [0.3, 0.4) is 0 Å². The number of aromatic amines is 1. The van der Waals surface area contributed by atoms with Crippen molar-refractivity contribution in [1.82, 2.24) is 20.2 Å². The fourth-order valence-electron chi connectivity index (χ4n) is 2.05. The summed E-state index contributed by atoms with van der Waals surface area (Å²) in [5, 5.41) is 11.0. The van der Waals surface area contributed by atoms with Crippen LogP contribution in [0.5, 0.6) is 0 Å². The first-order valence-electron chi connectivity index (χ1n) is 6.34. The van der Waals surface area contributed by atoms with Gasteiger partial charge in [0, 0.05) is 11.3 Å². The molecule has 6 heteroatoms. The summed E-state index contributed by atoms with van der Waals surface area (Å²) in [5.74, 6) is 1.45. The Bertz CT molecular complexity index is 702. The molecule has 0 atom stereocenters. The smallest absolute Gasteiger partial charge is 0.247 e. The molecule has 3 aromatic rings. The highest BCUT2D eigenvalue weighted by molar-refractivity contribution is 5.62. The molecule has 0 aliphatic carbocycles. The molecule has 102 valence electrons. The summed E-state index contributed by atoms with van der Waals surface area (Å²) < 4.78 is 5.19. The second-order valence-corrected chi connectivity index (χ2v) is 4.62. The van der Waals surface area contributed by atoms with Crippen LogP contribution in [-0.4, -0.2) is 20.2 Å². The van der Waals surface area contributed by atoms with Crippen molar-refractivity contribution in [2.45, 2.75) is 20.4 Å². The summed E-state index contributed by atoms with van der Waals surface area (Å²) in [5.41, 5.74) is 4.17. The second-order valence-electron chi connectivity index (χ2n) is 4.62. The molecule has 0 unspecified atom stereocenters. The number of nitrogens with one attached hydrogen (secondary N) is 2. The highest BCUT2D eigenvalue weighted by Gasteiger charge is 2.06. The van der Waals surface area contributed by atoms with E-state index in [2.05, 4.69) is 25.5 Å². The molecule has 0 amide bonds. The highest BCUT2D eigenvalue weighted by Crippen LogP contribution is 2.23. The number of hydrogen-bond donors (Lipinski definition) is 2. The van der Waals surface area contributed by atoms with Gasteiger partial charge >= 0.3 is 0 Å². The molecule has 0 saturated carbocycles. The number of imidazole rings is 1. The molecule has 0 bridgehead atoms. The lowest BCUT2D eigenvalue weighted by molar-refractivity contribution is 0.568. The Morgan fingerprint density at radius 2 is 2.20 bits per heavy atom. The van der Waals surface area contributed by atoms with Crippen molar-refractivity contribution < 1.29 is 4.42 Å². The Morgan fingerprint density at radius 1 is 1.30 bits per heavy atom. The van der Waals surface area contributed by atoms with Gasteiger partial charge in [-0.25, -0.2) is 4.98 Å². The lowest BCUT2D eigenvalue weighted by Gasteiger charge is -2.09. The molecule has 2 N–H and O–H groups in total. The van der Waals surface area contributed by atoms with E-state index in [4.69, 9.17) is 4.42 Å². The maximum absolute atomic E-state index is 5.19. The van der Waals surface area contributed by atoms with Crippen LogP contribution in [0.1, 0.15) is 17.1 Å². The Balaban J connectivity index is 1.74. The molecule has 0 radical (unpaired) electrons. The van der Waals surface area contributed by atoms with Gasteiger partial charge in [-0.3, -0.25) is 0 Å². The lowest BCUT2D eigenvalue weighted by Crippen LogP contribution is -2.01. The zero-order valence-electron chi connectivity index (χ0n) is 11.3. The maximum Gasteiger partial charge on any atom is 0.247 e. The first-order valence-corrected chi connectivity index (χ1v) is 6.34. The molecule has 0 aliphatic rings. The molecule has 0 spiro atoms. The Labute approximate surface area is 116 Å². The normalized spacial score (nSPS) is 10.7. The molecule has 1 aromatic carbocycles. The van der Waals surface area contributed by atoms with Gasteiger partial charge < -0.3 is 14.7 Å². The fourth-order valence-corrected chi connectivity index (χ4v) is 2.05. The summed E-state index contributed by atoms with van der Waals surface area (Å²) in [4.78, 5) is 7.37. The third-order valence-electron chi connectivity index (χ3n) is 3.06. The summed E-state index contributed by atoms with van der Waals surface area (Å²) in [6, 6.07) is 5.99. The van der Waals surface area contributed by atoms with Crippen LogP contribution in [0, 0.1) is 13.8 Å². The first-order chi connectivity index (χ1) is 9.72. The second kappa shape index (κ2) is 5.16. The van der Waals surface area contributed by atoms with Gasteiger partial charge in [-0.1, -0.05) is 0 Å². The highest BCUT2D eigenvalue weighted by atomic mass is 16.4. The van der Waals surface area contributed by atoms with E-state index in [1.54, 1.807) is 0 Å². The summed E-state index contributed by atoms with van der Waals surface area (Å²) >= 11 is 0. The van der Waals surface area contributed by atoms with E-state index in [-0.39, 0.29) is 0 Å². The van der Waals surface area contributed by atoms with Gasteiger partial charge in [0.05, 0.1) is 18.4 Å². The predicted octanol–water partition coefficient (Wildman–Crippen LogP) is 2.69. The molecule has 3 rings (SSSR count). The molecule has 20 heavy (non-hydrogen) atoms. The van der Waals surface area contributed by atoms with Gasteiger partial charge in [0.15, 0.2) is 0 Å². The van der Waals surface area contributed by atoms with Gasteiger partial charge in [-0.05, 0) is 37.6 Å². The Morgan fingerprint density at radius 3 is 2.85 bits per heavy atom. The van der Waals surface area contributed by atoms with Crippen molar-refractivity contribution in [2.75, 3.05) is 5.32 Å². The standard InChI is InChI=1S/C14H15N5O/c1-9-5-11(14-19-17-8-20-14)3-4-13(9)16-7-12-6-15-10(2)18-12/h3-6,8,16H,7H2,1-2H3,(H,15,18). The Hall–Kier alpha value is -2.63. The van der Waals surface area contributed by atoms with Gasteiger partial charge in [-0.2, -0.15) is 0 Å². The van der Waals surface area contributed by atoms with Crippen molar-refractivity contribution in [1.29, 1.82) is 0 Å². The average Bonchev–Trinajstić information content (AvgIpc) is 3.08. The number of anilines is 1. The number of nitrogens with zero attached hydrogens (tertiary/aromatic N) is 3. The molecule has 6 nitrogen and oxygen atoms in total. The summed E-state index contributed by atoms with van der Waals surface area (Å²) in [6.07, 6.45) is 3.17. The maximum atomic E-state index is 5.19. The zero-order valence-corrected chi connectivity index (χ0v) is 11.3. The minimum absolute atomic E-state index is 0.531. The molecule has 0 aliphatic heterocycles. The molecular formula is C14H15N5O. The van der Waals surface area contributed by atoms with E-state index in [9.17, 15) is 0 Å². The van der Waals surface area contributed by atoms with Gasteiger partial charge in [-0.15, -0.1) is 10.2 Å². The molecular weight excluding hydrogens is 254 g/mol. The van der Waals surface area contributed by atoms with Crippen LogP contribution in [0.15, 0.2) is 35.2 Å². The monoisotopic (exact) mass is 269 g/mol. The number of rotatable bonds is 4. The van der Waals surface area contributed by atoms with Gasteiger partial charge in [0.2, 0.25) is 12.3 Å². The van der Waals surface area contributed by atoms with E-state index >= 15 is 0 Å². The van der Waals surface area contributed by atoms with E-state index < -0.39 is 0 Å². The number of H-pyrrole nitrogens is 1. The molecule has 2 aromatic heterocycles. The van der Waals surface area contributed by atoms with E-state index in [1.807, 2.05) is 38.2 Å². The third-order valence-corrected chi connectivity index (χ3v) is 3.06.